The number of hydrogen-bond donors (Lipinski definition) is 2. The van der Waals surface area contributed by atoms with Crippen LogP contribution in [-0.2, 0) is 4.74 Å². The average molecular weight is 304 g/mol. The highest BCUT2D eigenvalue weighted by Gasteiger charge is 2.35. The zero-order chi connectivity index (χ0) is 15.7. The van der Waals surface area contributed by atoms with Crippen LogP contribution in [0.3, 0.4) is 0 Å². The molecule has 0 saturated carbocycles. The van der Waals surface area contributed by atoms with E-state index in [0.717, 1.165) is 16.9 Å². The Morgan fingerprint density at radius 2 is 2.05 bits per heavy atom. The molecule has 0 unspecified atom stereocenters. The fourth-order valence-electron chi connectivity index (χ4n) is 2.52. The number of rotatable bonds is 4. The van der Waals surface area contributed by atoms with Crippen LogP contribution in [0.25, 0.3) is 11.3 Å². The Kier molecular flexibility index (Phi) is 4.10. The van der Waals surface area contributed by atoms with E-state index in [2.05, 4.69) is 10.3 Å². The van der Waals surface area contributed by atoms with Gasteiger partial charge in [-0.15, -0.1) is 5.10 Å². The second kappa shape index (κ2) is 6.04. The Bertz CT molecular complexity index is 626. The lowest BCUT2D eigenvalue weighted by molar-refractivity contribution is -0.0489. The molecule has 1 aliphatic heterocycles. The smallest absolute Gasteiger partial charge is 0.155 e. The van der Waals surface area contributed by atoms with Crippen LogP contribution in [0.5, 0.6) is 0 Å². The molecule has 0 radical (unpaired) electrons. The van der Waals surface area contributed by atoms with Crippen LogP contribution in [0, 0.1) is 0 Å². The summed E-state index contributed by atoms with van der Waals surface area (Å²) in [4.78, 5) is 2.03. The molecule has 7 heteroatoms. The largest absolute Gasteiger partial charge is 0.394 e. The topological polar surface area (TPSA) is 83.6 Å². The predicted octanol–water partition coefficient (Wildman–Crippen LogP) is 0.652. The number of benzene rings is 1. The molecule has 1 fully saturated rings. The Hall–Kier alpha value is -1.96. The fourth-order valence-corrected chi connectivity index (χ4v) is 2.52. The molecule has 118 valence electrons. The normalized spacial score (nSPS) is 24.6. The van der Waals surface area contributed by atoms with Crippen molar-refractivity contribution in [1.29, 1.82) is 0 Å². The van der Waals surface area contributed by atoms with Gasteiger partial charge in [0.15, 0.2) is 6.23 Å². The van der Waals surface area contributed by atoms with Crippen LogP contribution in [0.2, 0.25) is 0 Å². The lowest BCUT2D eigenvalue weighted by Gasteiger charge is -2.12. The molecule has 2 aromatic rings. The molecule has 1 aliphatic rings. The van der Waals surface area contributed by atoms with Gasteiger partial charge in [0.25, 0.3) is 0 Å². The van der Waals surface area contributed by atoms with E-state index in [1.54, 1.807) is 10.9 Å². The highest BCUT2D eigenvalue weighted by atomic mass is 16.5. The summed E-state index contributed by atoms with van der Waals surface area (Å²) in [6.07, 6.45) is 0.559. The minimum atomic E-state index is -0.679. The van der Waals surface area contributed by atoms with Gasteiger partial charge in [0.1, 0.15) is 11.8 Å². The van der Waals surface area contributed by atoms with Crippen molar-refractivity contribution in [3.8, 4) is 11.3 Å². The zero-order valence-corrected chi connectivity index (χ0v) is 12.6. The van der Waals surface area contributed by atoms with Gasteiger partial charge in [-0.25, -0.2) is 4.68 Å². The third-order valence-corrected chi connectivity index (χ3v) is 3.87. The first-order chi connectivity index (χ1) is 10.6. The molecule has 2 N–H and O–H groups in total. The van der Waals surface area contributed by atoms with Crippen molar-refractivity contribution in [2.24, 2.45) is 0 Å². The van der Waals surface area contributed by atoms with Gasteiger partial charge >= 0.3 is 0 Å². The number of aromatic nitrogens is 3. The monoisotopic (exact) mass is 304 g/mol. The van der Waals surface area contributed by atoms with Crippen molar-refractivity contribution in [1.82, 2.24) is 15.0 Å². The molecule has 0 amide bonds. The van der Waals surface area contributed by atoms with Crippen molar-refractivity contribution >= 4 is 5.69 Å². The minimum Gasteiger partial charge on any atom is -0.394 e. The van der Waals surface area contributed by atoms with Crippen LogP contribution in [0.15, 0.2) is 30.5 Å². The number of aliphatic hydroxyl groups excluding tert-OH is 2. The van der Waals surface area contributed by atoms with Crippen LogP contribution in [-0.4, -0.2) is 58.1 Å². The maximum atomic E-state index is 9.78. The van der Waals surface area contributed by atoms with Crippen LogP contribution in [0.4, 0.5) is 5.69 Å². The van der Waals surface area contributed by atoms with Crippen molar-refractivity contribution in [2.45, 2.75) is 24.9 Å². The first kappa shape index (κ1) is 15.0. The summed E-state index contributed by atoms with van der Waals surface area (Å²) in [5.41, 5.74) is 2.83. The molecule has 7 nitrogen and oxygen atoms in total. The van der Waals surface area contributed by atoms with Crippen LogP contribution in [0.1, 0.15) is 12.6 Å². The molecule has 0 aliphatic carbocycles. The maximum absolute atomic E-state index is 9.78. The Balaban J connectivity index is 1.76. The predicted molar refractivity (Wildman–Crippen MR) is 81.4 cm³/mol. The Labute approximate surface area is 128 Å². The number of anilines is 1. The van der Waals surface area contributed by atoms with E-state index in [1.807, 2.05) is 43.3 Å². The molecule has 3 atom stereocenters. The lowest BCUT2D eigenvalue weighted by atomic mass is 10.1. The Morgan fingerprint density at radius 1 is 1.32 bits per heavy atom. The first-order valence-electron chi connectivity index (χ1n) is 7.22. The second-order valence-electron chi connectivity index (χ2n) is 5.64. The molecule has 0 spiro atoms. The summed E-state index contributed by atoms with van der Waals surface area (Å²) in [5.74, 6) is 0. The second-order valence-corrected chi connectivity index (χ2v) is 5.64. The maximum Gasteiger partial charge on any atom is 0.155 e. The van der Waals surface area contributed by atoms with Crippen molar-refractivity contribution < 1.29 is 14.9 Å². The van der Waals surface area contributed by atoms with Gasteiger partial charge in [0.05, 0.1) is 18.9 Å². The lowest BCUT2D eigenvalue weighted by Crippen LogP contribution is -2.24. The van der Waals surface area contributed by atoms with Crippen LogP contribution < -0.4 is 4.90 Å². The van der Waals surface area contributed by atoms with E-state index in [0.29, 0.717) is 6.42 Å². The van der Waals surface area contributed by atoms with E-state index in [9.17, 15) is 5.11 Å². The summed E-state index contributed by atoms with van der Waals surface area (Å²) in [7, 11) is 3.98. The molecular weight excluding hydrogens is 284 g/mol. The van der Waals surface area contributed by atoms with Gasteiger partial charge in [-0.2, -0.15) is 0 Å². The standard InChI is InChI=1S/C15H20N4O3/c1-18(2)11-5-3-10(4-6-11)12-8-19(17-16-12)15-7-13(21)14(9-20)22-15/h3-6,8,13-15,20-21H,7,9H2,1-2H3/t13-,14+,15+/m0/s1. The van der Waals surface area contributed by atoms with Gasteiger partial charge in [0, 0.05) is 31.8 Å². The van der Waals surface area contributed by atoms with Gasteiger partial charge < -0.3 is 19.8 Å². The van der Waals surface area contributed by atoms with Gasteiger partial charge in [-0.1, -0.05) is 17.3 Å². The summed E-state index contributed by atoms with van der Waals surface area (Å²) in [6.45, 7) is -0.203. The SMILES string of the molecule is CN(C)c1ccc(-c2cn([C@H]3C[C@H](O)[C@@H](CO)O3)nn2)cc1. The highest BCUT2D eigenvalue weighted by Crippen LogP contribution is 2.29. The summed E-state index contributed by atoms with van der Waals surface area (Å²) < 4.78 is 7.15. The van der Waals surface area contributed by atoms with E-state index >= 15 is 0 Å². The summed E-state index contributed by atoms with van der Waals surface area (Å²) in [6, 6.07) is 8.02. The molecule has 0 bridgehead atoms. The molecule has 1 saturated heterocycles. The molecule has 22 heavy (non-hydrogen) atoms. The fraction of sp³-hybridized carbons (Fsp3) is 0.467. The minimum absolute atomic E-state index is 0.203. The average Bonchev–Trinajstić information content (AvgIpc) is 3.13. The Morgan fingerprint density at radius 3 is 2.64 bits per heavy atom. The van der Waals surface area contributed by atoms with Crippen molar-refractivity contribution in [3.05, 3.63) is 30.5 Å². The van der Waals surface area contributed by atoms with E-state index in [1.165, 1.54) is 0 Å². The number of nitrogens with zero attached hydrogens (tertiary/aromatic N) is 4. The number of ether oxygens (including phenoxy) is 1. The van der Waals surface area contributed by atoms with Gasteiger partial charge in [-0.3, -0.25) is 0 Å². The summed E-state index contributed by atoms with van der Waals surface area (Å²) >= 11 is 0. The molecule has 1 aromatic heterocycles. The molecular formula is C15H20N4O3. The van der Waals surface area contributed by atoms with Gasteiger partial charge in [-0.05, 0) is 12.1 Å². The third-order valence-electron chi connectivity index (χ3n) is 3.87. The number of aliphatic hydroxyl groups is 2. The summed E-state index contributed by atoms with van der Waals surface area (Å²) in [5, 5.41) is 27.1. The zero-order valence-electron chi connectivity index (χ0n) is 12.6. The first-order valence-corrected chi connectivity index (χ1v) is 7.22. The van der Waals surface area contributed by atoms with Gasteiger partial charge in [0.2, 0.25) is 0 Å². The molecule has 1 aromatic carbocycles. The van der Waals surface area contributed by atoms with Crippen molar-refractivity contribution in [3.63, 3.8) is 0 Å². The van der Waals surface area contributed by atoms with E-state index < -0.39 is 18.4 Å². The van der Waals surface area contributed by atoms with Crippen molar-refractivity contribution in [2.75, 3.05) is 25.6 Å². The van der Waals surface area contributed by atoms with Crippen LogP contribution >= 0.6 is 0 Å². The highest BCUT2D eigenvalue weighted by molar-refractivity contribution is 5.61. The van der Waals surface area contributed by atoms with E-state index in [-0.39, 0.29) is 6.61 Å². The molecule has 2 heterocycles. The number of hydrogen-bond acceptors (Lipinski definition) is 6. The quantitative estimate of drug-likeness (QED) is 0.863. The van der Waals surface area contributed by atoms with E-state index in [4.69, 9.17) is 9.84 Å². The molecule has 3 rings (SSSR count). The third kappa shape index (κ3) is 2.83.